The maximum atomic E-state index is 12.0. The minimum absolute atomic E-state index is 0.121. The molecule has 1 aliphatic rings. The lowest BCUT2D eigenvalue weighted by atomic mass is 9.89. The van der Waals surface area contributed by atoms with E-state index in [0.29, 0.717) is 6.42 Å². The van der Waals surface area contributed by atoms with E-state index < -0.39 is 5.54 Å². The van der Waals surface area contributed by atoms with Gasteiger partial charge in [-0.05, 0) is 30.5 Å². The second kappa shape index (κ2) is 4.26. The number of aromatic hydroxyl groups is 1. The average Bonchev–Trinajstić information content (AvgIpc) is 2.70. The fraction of sp³-hybridized carbons (Fsp3) is 0.462. The highest BCUT2D eigenvalue weighted by atomic mass is 16.3. The Morgan fingerprint density at radius 3 is 2.38 bits per heavy atom. The van der Waals surface area contributed by atoms with Crippen LogP contribution in [0.3, 0.4) is 0 Å². The van der Waals surface area contributed by atoms with Crippen LogP contribution in [0, 0.1) is 0 Å². The second-order valence-electron chi connectivity index (χ2n) is 4.63. The van der Waals surface area contributed by atoms with Crippen molar-refractivity contribution in [1.82, 2.24) is 0 Å². The van der Waals surface area contributed by atoms with Gasteiger partial charge < -0.3 is 10.8 Å². The molecule has 0 atom stereocenters. The van der Waals surface area contributed by atoms with E-state index in [0.717, 1.165) is 31.2 Å². The van der Waals surface area contributed by atoms with E-state index in [1.165, 1.54) is 0 Å². The smallest absolute Gasteiger partial charge is 0.156 e. The number of hydrogen-bond acceptors (Lipinski definition) is 3. The summed E-state index contributed by atoms with van der Waals surface area (Å²) < 4.78 is 0. The van der Waals surface area contributed by atoms with E-state index in [1.54, 1.807) is 24.3 Å². The fourth-order valence-electron chi connectivity index (χ4n) is 2.26. The molecule has 1 aliphatic carbocycles. The minimum atomic E-state index is -0.599. The van der Waals surface area contributed by atoms with Crippen LogP contribution in [0.2, 0.25) is 0 Å². The van der Waals surface area contributed by atoms with Crippen molar-refractivity contribution in [3.8, 4) is 5.75 Å². The minimum Gasteiger partial charge on any atom is -0.508 e. The van der Waals surface area contributed by atoms with E-state index in [2.05, 4.69) is 0 Å². The third-order valence-electron chi connectivity index (χ3n) is 3.35. The topological polar surface area (TPSA) is 63.3 Å². The summed E-state index contributed by atoms with van der Waals surface area (Å²) in [6, 6.07) is 6.73. The summed E-state index contributed by atoms with van der Waals surface area (Å²) in [6.07, 6.45) is 4.10. The van der Waals surface area contributed by atoms with Crippen LogP contribution < -0.4 is 5.73 Å². The number of nitrogens with two attached hydrogens (primary N) is 1. The van der Waals surface area contributed by atoms with Gasteiger partial charge in [-0.25, -0.2) is 0 Å². The van der Waals surface area contributed by atoms with Gasteiger partial charge in [0.2, 0.25) is 0 Å². The van der Waals surface area contributed by atoms with Crippen LogP contribution in [0.4, 0.5) is 0 Å². The summed E-state index contributed by atoms with van der Waals surface area (Å²) in [4.78, 5) is 12.0. The van der Waals surface area contributed by atoms with Crippen molar-refractivity contribution in [2.45, 2.75) is 37.6 Å². The Morgan fingerprint density at radius 2 is 1.81 bits per heavy atom. The first-order chi connectivity index (χ1) is 7.60. The Hall–Kier alpha value is -1.35. The summed E-state index contributed by atoms with van der Waals surface area (Å²) in [5, 5.41) is 9.14. The molecule has 1 aromatic rings. The predicted molar refractivity (Wildman–Crippen MR) is 62.2 cm³/mol. The quantitative estimate of drug-likeness (QED) is 0.814. The summed E-state index contributed by atoms with van der Waals surface area (Å²) in [6.45, 7) is 0. The summed E-state index contributed by atoms with van der Waals surface area (Å²) in [5.41, 5.74) is 6.40. The molecule has 3 nitrogen and oxygen atoms in total. The van der Waals surface area contributed by atoms with Gasteiger partial charge in [0.25, 0.3) is 0 Å². The van der Waals surface area contributed by atoms with Crippen molar-refractivity contribution in [3.63, 3.8) is 0 Å². The first kappa shape index (κ1) is 11.1. The normalized spacial score (nSPS) is 18.6. The maximum absolute atomic E-state index is 12.0. The standard InChI is InChI=1S/C13H17NO2/c14-13(7-1-2-8-13)12(16)9-10-3-5-11(15)6-4-10/h3-6,15H,1-2,7-9,14H2. The Balaban J connectivity index is 2.04. The van der Waals surface area contributed by atoms with Gasteiger partial charge in [-0.3, -0.25) is 4.79 Å². The van der Waals surface area contributed by atoms with Gasteiger partial charge >= 0.3 is 0 Å². The third kappa shape index (κ3) is 2.25. The van der Waals surface area contributed by atoms with E-state index in [1.807, 2.05) is 0 Å². The van der Waals surface area contributed by atoms with Gasteiger partial charge in [0.15, 0.2) is 5.78 Å². The zero-order chi connectivity index (χ0) is 11.6. The molecule has 3 heteroatoms. The first-order valence-corrected chi connectivity index (χ1v) is 5.70. The van der Waals surface area contributed by atoms with Gasteiger partial charge in [-0.1, -0.05) is 25.0 Å². The van der Waals surface area contributed by atoms with Crippen LogP contribution in [-0.2, 0) is 11.2 Å². The molecule has 0 amide bonds. The van der Waals surface area contributed by atoms with E-state index in [-0.39, 0.29) is 11.5 Å². The molecule has 1 saturated carbocycles. The molecule has 0 spiro atoms. The zero-order valence-electron chi connectivity index (χ0n) is 9.28. The molecule has 2 rings (SSSR count). The average molecular weight is 219 g/mol. The number of hydrogen-bond donors (Lipinski definition) is 2. The van der Waals surface area contributed by atoms with Gasteiger partial charge in [-0.15, -0.1) is 0 Å². The van der Waals surface area contributed by atoms with Crippen molar-refractivity contribution in [2.24, 2.45) is 5.73 Å². The highest BCUT2D eigenvalue weighted by molar-refractivity contribution is 5.90. The van der Waals surface area contributed by atoms with Crippen LogP contribution in [0.25, 0.3) is 0 Å². The fourth-order valence-corrected chi connectivity index (χ4v) is 2.26. The van der Waals surface area contributed by atoms with Crippen LogP contribution in [0.1, 0.15) is 31.2 Å². The lowest BCUT2D eigenvalue weighted by Gasteiger charge is -2.21. The summed E-state index contributed by atoms with van der Waals surface area (Å²) in [5.74, 6) is 0.343. The van der Waals surface area contributed by atoms with Gasteiger partial charge in [0.05, 0.1) is 5.54 Å². The molecule has 0 bridgehead atoms. The molecule has 0 radical (unpaired) electrons. The summed E-state index contributed by atoms with van der Waals surface area (Å²) >= 11 is 0. The Morgan fingerprint density at radius 1 is 1.25 bits per heavy atom. The van der Waals surface area contributed by atoms with Gasteiger partial charge in [0.1, 0.15) is 5.75 Å². The largest absolute Gasteiger partial charge is 0.508 e. The molecular weight excluding hydrogens is 202 g/mol. The highest BCUT2D eigenvalue weighted by Crippen LogP contribution is 2.29. The van der Waals surface area contributed by atoms with Crippen LogP contribution in [-0.4, -0.2) is 16.4 Å². The SMILES string of the molecule is NC1(C(=O)Cc2ccc(O)cc2)CCCC1. The van der Waals surface area contributed by atoms with Crippen molar-refractivity contribution in [1.29, 1.82) is 0 Å². The van der Waals surface area contributed by atoms with Gasteiger partial charge in [-0.2, -0.15) is 0 Å². The highest BCUT2D eigenvalue weighted by Gasteiger charge is 2.36. The van der Waals surface area contributed by atoms with Crippen molar-refractivity contribution in [3.05, 3.63) is 29.8 Å². The number of phenolic OH excluding ortho intramolecular Hbond substituents is 1. The number of ketones is 1. The molecule has 0 heterocycles. The van der Waals surface area contributed by atoms with E-state index in [4.69, 9.17) is 10.8 Å². The Labute approximate surface area is 95.3 Å². The Bertz CT molecular complexity index is 377. The van der Waals surface area contributed by atoms with Crippen molar-refractivity contribution >= 4 is 5.78 Å². The third-order valence-corrected chi connectivity index (χ3v) is 3.35. The molecular formula is C13H17NO2. The number of Topliss-reactive ketones (excluding diaryl/α,β-unsaturated/α-hetero) is 1. The zero-order valence-corrected chi connectivity index (χ0v) is 9.28. The van der Waals surface area contributed by atoms with Crippen LogP contribution in [0.15, 0.2) is 24.3 Å². The number of benzene rings is 1. The monoisotopic (exact) mass is 219 g/mol. The molecule has 0 aromatic heterocycles. The van der Waals surface area contributed by atoms with Crippen molar-refractivity contribution in [2.75, 3.05) is 0 Å². The van der Waals surface area contributed by atoms with Crippen LogP contribution in [0.5, 0.6) is 5.75 Å². The lowest BCUT2D eigenvalue weighted by Crippen LogP contribution is -2.46. The lowest BCUT2D eigenvalue weighted by molar-refractivity contribution is -0.123. The molecule has 0 aliphatic heterocycles. The molecule has 1 fully saturated rings. The molecule has 16 heavy (non-hydrogen) atoms. The Kier molecular flexibility index (Phi) is 2.97. The number of carbonyl (C=O) groups is 1. The van der Waals surface area contributed by atoms with Crippen LogP contribution >= 0.6 is 0 Å². The van der Waals surface area contributed by atoms with Crippen molar-refractivity contribution < 1.29 is 9.90 Å². The number of carbonyl (C=O) groups excluding carboxylic acids is 1. The van der Waals surface area contributed by atoms with E-state index >= 15 is 0 Å². The number of rotatable bonds is 3. The maximum Gasteiger partial charge on any atom is 0.156 e. The number of phenols is 1. The molecule has 1 aromatic carbocycles. The molecule has 3 N–H and O–H groups in total. The molecule has 0 unspecified atom stereocenters. The molecule has 0 saturated heterocycles. The molecule has 86 valence electrons. The van der Waals surface area contributed by atoms with Gasteiger partial charge in [0, 0.05) is 6.42 Å². The first-order valence-electron chi connectivity index (χ1n) is 5.70. The summed E-state index contributed by atoms with van der Waals surface area (Å²) in [7, 11) is 0. The predicted octanol–water partition coefficient (Wildman–Crippen LogP) is 1.78. The van der Waals surface area contributed by atoms with E-state index in [9.17, 15) is 4.79 Å². The second-order valence-corrected chi connectivity index (χ2v) is 4.63.